The van der Waals surface area contributed by atoms with Crippen LogP contribution in [0.15, 0.2) is 18.2 Å². The Kier molecular flexibility index (Phi) is 4.34. The zero-order valence-corrected chi connectivity index (χ0v) is 10.8. The first-order valence-electron chi connectivity index (χ1n) is 6.71. The smallest absolute Gasteiger partial charge is 0.251 e. The molecule has 98 valence electrons. The van der Waals surface area contributed by atoms with E-state index in [-0.39, 0.29) is 11.7 Å². The van der Waals surface area contributed by atoms with Crippen LogP contribution in [0.25, 0.3) is 0 Å². The van der Waals surface area contributed by atoms with Gasteiger partial charge in [0.15, 0.2) is 0 Å². The maximum atomic E-state index is 13.1. The van der Waals surface area contributed by atoms with Crippen molar-refractivity contribution in [2.24, 2.45) is 5.92 Å². The molecule has 0 spiro atoms. The Balaban J connectivity index is 1.92. The molecule has 18 heavy (non-hydrogen) atoms. The van der Waals surface area contributed by atoms with E-state index in [0.29, 0.717) is 11.5 Å². The van der Waals surface area contributed by atoms with Crippen molar-refractivity contribution in [2.75, 3.05) is 6.54 Å². The molecule has 1 N–H and O–H groups in total. The monoisotopic (exact) mass is 249 g/mol. The number of benzene rings is 1. The number of aryl methyl sites for hydroxylation is 1. The largest absolute Gasteiger partial charge is 0.352 e. The average molecular weight is 249 g/mol. The van der Waals surface area contributed by atoms with Crippen LogP contribution in [-0.2, 0) is 0 Å². The molecule has 0 aliphatic heterocycles. The molecule has 0 saturated heterocycles. The van der Waals surface area contributed by atoms with Gasteiger partial charge < -0.3 is 5.32 Å². The first-order valence-corrected chi connectivity index (χ1v) is 6.71. The van der Waals surface area contributed by atoms with Crippen LogP contribution in [0.4, 0.5) is 4.39 Å². The standard InChI is InChI=1S/C15H20FNO/c1-11-7-8-13(16)9-14(11)15(18)17-10-12-5-3-2-4-6-12/h7-9,12H,2-6,10H2,1H3,(H,17,18). The highest BCUT2D eigenvalue weighted by molar-refractivity contribution is 5.95. The van der Waals surface area contributed by atoms with Gasteiger partial charge in [0.1, 0.15) is 5.82 Å². The van der Waals surface area contributed by atoms with Gasteiger partial charge in [-0.1, -0.05) is 25.3 Å². The lowest BCUT2D eigenvalue weighted by molar-refractivity contribution is 0.0942. The zero-order valence-electron chi connectivity index (χ0n) is 10.8. The molecule has 1 aromatic rings. The van der Waals surface area contributed by atoms with Gasteiger partial charge in [0, 0.05) is 12.1 Å². The van der Waals surface area contributed by atoms with E-state index >= 15 is 0 Å². The Morgan fingerprint density at radius 1 is 1.33 bits per heavy atom. The number of hydrogen-bond donors (Lipinski definition) is 1. The zero-order chi connectivity index (χ0) is 13.0. The highest BCUT2D eigenvalue weighted by Crippen LogP contribution is 2.22. The predicted octanol–water partition coefficient (Wildman–Crippen LogP) is 3.44. The average Bonchev–Trinajstić information content (AvgIpc) is 2.40. The summed E-state index contributed by atoms with van der Waals surface area (Å²) in [6, 6.07) is 4.34. The normalized spacial score (nSPS) is 16.6. The number of nitrogens with one attached hydrogen (secondary N) is 1. The van der Waals surface area contributed by atoms with Crippen molar-refractivity contribution in [2.45, 2.75) is 39.0 Å². The summed E-state index contributed by atoms with van der Waals surface area (Å²) in [5.41, 5.74) is 1.27. The molecular formula is C15H20FNO. The fraction of sp³-hybridized carbons (Fsp3) is 0.533. The quantitative estimate of drug-likeness (QED) is 0.873. The Morgan fingerprint density at radius 2 is 2.06 bits per heavy atom. The van der Waals surface area contributed by atoms with Crippen molar-refractivity contribution < 1.29 is 9.18 Å². The van der Waals surface area contributed by atoms with E-state index in [0.717, 1.165) is 12.1 Å². The minimum atomic E-state index is -0.358. The summed E-state index contributed by atoms with van der Waals surface area (Å²) in [4.78, 5) is 12.0. The van der Waals surface area contributed by atoms with E-state index in [2.05, 4.69) is 5.32 Å². The Labute approximate surface area is 108 Å². The molecule has 0 atom stereocenters. The predicted molar refractivity (Wildman–Crippen MR) is 70.0 cm³/mol. The van der Waals surface area contributed by atoms with Crippen molar-refractivity contribution in [3.8, 4) is 0 Å². The summed E-state index contributed by atoms with van der Waals surface area (Å²) in [5, 5.41) is 2.93. The molecule has 0 bridgehead atoms. The Hall–Kier alpha value is -1.38. The van der Waals surface area contributed by atoms with E-state index < -0.39 is 0 Å². The molecule has 2 nitrogen and oxygen atoms in total. The number of halogens is 1. The summed E-state index contributed by atoms with van der Waals surface area (Å²) in [6.07, 6.45) is 6.23. The molecule has 1 fully saturated rings. The van der Waals surface area contributed by atoms with Crippen LogP contribution in [0.2, 0.25) is 0 Å². The van der Waals surface area contributed by atoms with Gasteiger partial charge >= 0.3 is 0 Å². The second kappa shape index (κ2) is 5.98. The molecule has 0 aromatic heterocycles. The minimum Gasteiger partial charge on any atom is -0.352 e. The molecule has 1 aliphatic carbocycles. The third kappa shape index (κ3) is 3.31. The van der Waals surface area contributed by atoms with Crippen LogP contribution < -0.4 is 5.32 Å². The molecule has 0 unspecified atom stereocenters. The summed E-state index contributed by atoms with van der Waals surface area (Å²) in [5.74, 6) is 0.0811. The van der Waals surface area contributed by atoms with Gasteiger partial charge in [-0.05, 0) is 43.4 Å². The summed E-state index contributed by atoms with van der Waals surface area (Å²) < 4.78 is 13.1. The number of amides is 1. The lowest BCUT2D eigenvalue weighted by Gasteiger charge is -2.21. The van der Waals surface area contributed by atoms with Gasteiger partial charge in [0.05, 0.1) is 0 Å². The van der Waals surface area contributed by atoms with Crippen molar-refractivity contribution in [1.29, 1.82) is 0 Å². The second-order valence-electron chi connectivity index (χ2n) is 5.17. The van der Waals surface area contributed by atoms with Crippen LogP contribution in [0.3, 0.4) is 0 Å². The fourth-order valence-corrected chi connectivity index (χ4v) is 2.56. The van der Waals surface area contributed by atoms with Crippen LogP contribution in [0.1, 0.15) is 48.0 Å². The number of rotatable bonds is 3. The first kappa shape index (κ1) is 13.1. The molecule has 1 saturated carbocycles. The van der Waals surface area contributed by atoms with E-state index in [4.69, 9.17) is 0 Å². The van der Waals surface area contributed by atoms with Gasteiger partial charge in [0.2, 0.25) is 0 Å². The summed E-state index contributed by atoms with van der Waals surface area (Å²) in [6.45, 7) is 2.55. The van der Waals surface area contributed by atoms with Crippen molar-refractivity contribution in [1.82, 2.24) is 5.32 Å². The van der Waals surface area contributed by atoms with Crippen LogP contribution in [0.5, 0.6) is 0 Å². The van der Waals surface area contributed by atoms with E-state index in [1.54, 1.807) is 6.07 Å². The molecule has 0 heterocycles. The second-order valence-corrected chi connectivity index (χ2v) is 5.17. The molecule has 3 heteroatoms. The first-order chi connectivity index (χ1) is 8.66. The molecule has 1 aromatic carbocycles. The van der Waals surface area contributed by atoms with Gasteiger partial charge in [0.25, 0.3) is 5.91 Å². The van der Waals surface area contributed by atoms with Gasteiger partial charge in [-0.25, -0.2) is 4.39 Å². The van der Waals surface area contributed by atoms with E-state index in [1.165, 1.54) is 44.2 Å². The maximum Gasteiger partial charge on any atom is 0.251 e. The molecule has 2 rings (SSSR count). The maximum absolute atomic E-state index is 13.1. The summed E-state index contributed by atoms with van der Waals surface area (Å²) >= 11 is 0. The highest BCUT2D eigenvalue weighted by Gasteiger charge is 2.15. The summed E-state index contributed by atoms with van der Waals surface area (Å²) in [7, 11) is 0. The molecular weight excluding hydrogens is 229 g/mol. The van der Waals surface area contributed by atoms with Gasteiger partial charge in [-0.2, -0.15) is 0 Å². The van der Waals surface area contributed by atoms with Crippen LogP contribution in [-0.4, -0.2) is 12.5 Å². The lowest BCUT2D eigenvalue weighted by atomic mass is 9.89. The van der Waals surface area contributed by atoms with E-state index in [1.807, 2.05) is 6.92 Å². The molecule has 1 aliphatic rings. The Morgan fingerprint density at radius 3 is 2.78 bits per heavy atom. The SMILES string of the molecule is Cc1ccc(F)cc1C(=O)NCC1CCCCC1. The third-order valence-corrected chi connectivity index (χ3v) is 3.72. The van der Waals surface area contributed by atoms with Gasteiger partial charge in [-0.15, -0.1) is 0 Å². The number of hydrogen-bond acceptors (Lipinski definition) is 1. The van der Waals surface area contributed by atoms with Crippen molar-refractivity contribution in [3.05, 3.63) is 35.1 Å². The molecule has 0 radical (unpaired) electrons. The van der Waals surface area contributed by atoms with Crippen molar-refractivity contribution in [3.63, 3.8) is 0 Å². The molecule has 1 amide bonds. The third-order valence-electron chi connectivity index (χ3n) is 3.72. The van der Waals surface area contributed by atoms with Crippen LogP contribution >= 0.6 is 0 Å². The number of carbonyl (C=O) groups is 1. The minimum absolute atomic E-state index is 0.155. The van der Waals surface area contributed by atoms with Gasteiger partial charge in [-0.3, -0.25) is 4.79 Å². The topological polar surface area (TPSA) is 29.1 Å². The van der Waals surface area contributed by atoms with Crippen molar-refractivity contribution >= 4 is 5.91 Å². The Bertz CT molecular complexity index is 425. The number of carbonyl (C=O) groups excluding carboxylic acids is 1. The highest BCUT2D eigenvalue weighted by atomic mass is 19.1. The van der Waals surface area contributed by atoms with E-state index in [9.17, 15) is 9.18 Å². The lowest BCUT2D eigenvalue weighted by Crippen LogP contribution is -2.30. The fourth-order valence-electron chi connectivity index (χ4n) is 2.56. The van der Waals surface area contributed by atoms with Crippen LogP contribution in [0, 0.1) is 18.7 Å².